The molecule has 2 aromatic carbocycles. The van der Waals surface area contributed by atoms with Crippen molar-refractivity contribution in [1.82, 2.24) is 0 Å². The highest BCUT2D eigenvalue weighted by atomic mass is 79.9. The van der Waals surface area contributed by atoms with E-state index in [0.29, 0.717) is 0 Å². The number of ether oxygens (including phenoxy) is 3. The third-order valence-corrected chi connectivity index (χ3v) is 6.49. The van der Waals surface area contributed by atoms with Crippen molar-refractivity contribution in [2.75, 3.05) is 21.3 Å². The molecule has 0 aromatic heterocycles. The average Bonchev–Trinajstić information content (AvgIpc) is 3.60. The number of hydrogen-bond donors (Lipinski definition) is 1. The van der Waals surface area contributed by atoms with Crippen molar-refractivity contribution < 1.29 is 19.3 Å². The summed E-state index contributed by atoms with van der Waals surface area (Å²) in [5.74, 6) is 1.64. The summed E-state index contributed by atoms with van der Waals surface area (Å²) in [6, 6.07) is 11.9. The molecule has 0 atom stereocenters. The quantitative estimate of drug-likeness (QED) is 0.587. The van der Waals surface area contributed by atoms with Gasteiger partial charge in [-0.05, 0) is 92.9 Å². The summed E-state index contributed by atoms with van der Waals surface area (Å²) in [6.07, 6.45) is 3.93. The van der Waals surface area contributed by atoms with E-state index in [1.807, 2.05) is 30.3 Å². The van der Waals surface area contributed by atoms with Gasteiger partial charge in [-0.3, -0.25) is 0 Å². The van der Waals surface area contributed by atoms with Crippen LogP contribution in [-0.4, -0.2) is 26.4 Å². The molecule has 6 heteroatoms. The van der Waals surface area contributed by atoms with Crippen molar-refractivity contribution >= 4 is 31.9 Å². The number of rotatable bonds is 5. The largest absolute Gasteiger partial charge is 0.496 e. The third kappa shape index (κ3) is 4.50. The Morgan fingerprint density at radius 1 is 0.778 bits per heavy atom. The molecule has 0 heterocycles. The predicted molar refractivity (Wildman–Crippen MR) is 112 cm³/mol. The van der Waals surface area contributed by atoms with E-state index in [0.717, 1.165) is 51.7 Å². The Hall–Kier alpha value is -1.08. The zero-order valence-electron chi connectivity index (χ0n) is 15.7. The van der Waals surface area contributed by atoms with Gasteiger partial charge in [0.05, 0.1) is 34.4 Å². The second-order valence-corrected chi connectivity index (χ2v) is 8.64. The summed E-state index contributed by atoms with van der Waals surface area (Å²) >= 11 is 6.80. The minimum Gasteiger partial charge on any atom is -0.496 e. The minimum atomic E-state index is -0.575. The van der Waals surface area contributed by atoms with Gasteiger partial charge in [0.1, 0.15) is 11.5 Å². The molecule has 2 saturated carbocycles. The maximum absolute atomic E-state index is 9.84. The fourth-order valence-corrected chi connectivity index (χ4v) is 3.84. The highest BCUT2D eigenvalue weighted by Crippen LogP contribution is 2.50. The van der Waals surface area contributed by atoms with Gasteiger partial charge in [0.2, 0.25) is 0 Å². The molecular formula is C21H24Br2O4. The second-order valence-electron chi connectivity index (χ2n) is 6.93. The lowest BCUT2D eigenvalue weighted by molar-refractivity contribution is 0.0787. The van der Waals surface area contributed by atoms with Crippen LogP contribution in [0.5, 0.6) is 11.5 Å². The van der Waals surface area contributed by atoms with Crippen LogP contribution in [0.25, 0.3) is 0 Å². The molecule has 1 N–H and O–H groups in total. The Morgan fingerprint density at radius 3 is 1.67 bits per heavy atom. The van der Waals surface area contributed by atoms with Crippen LogP contribution in [-0.2, 0) is 15.9 Å². The van der Waals surface area contributed by atoms with Crippen molar-refractivity contribution in [1.29, 1.82) is 0 Å². The monoisotopic (exact) mass is 498 g/mol. The van der Waals surface area contributed by atoms with Crippen molar-refractivity contribution in [3.05, 3.63) is 56.5 Å². The van der Waals surface area contributed by atoms with Crippen LogP contribution in [0, 0.1) is 0 Å². The van der Waals surface area contributed by atoms with Crippen LogP contribution in [0.3, 0.4) is 0 Å². The Bertz CT molecular complexity index is 814. The zero-order valence-corrected chi connectivity index (χ0v) is 18.9. The van der Waals surface area contributed by atoms with E-state index in [9.17, 15) is 5.11 Å². The molecule has 0 saturated heterocycles. The van der Waals surface area contributed by atoms with Gasteiger partial charge in [0, 0.05) is 7.11 Å². The molecule has 146 valence electrons. The molecule has 2 fully saturated rings. The highest BCUT2D eigenvalue weighted by Gasteiger charge is 2.45. The molecule has 0 aliphatic heterocycles. The molecular weight excluding hydrogens is 476 g/mol. The van der Waals surface area contributed by atoms with Crippen LogP contribution in [0.1, 0.15) is 36.8 Å². The molecule has 4 rings (SSSR count). The standard InChI is InChI=1S/C11H13BrO2.C10H11BrO2/c1-13-10-7-8(3-4-9(10)12)11(14-2)5-6-11;1-13-9-6-7(2-3-8(9)11)10(12)4-5-10/h3-4,7H,5-6H2,1-2H3;2-3,6,12H,4-5H2,1H3. The molecule has 0 bridgehead atoms. The zero-order chi connectivity index (χ0) is 19.7. The van der Waals surface area contributed by atoms with E-state index in [1.54, 1.807) is 21.3 Å². The van der Waals surface area contributed by atoms with Gasteiger partial charge in [0.15, 0.2) is 0 Å². The number of hydrogen-bond acceptors (Lipinski definition) is 4. The number of methoxy groups -OCH3 is 3. The minimum absolute atomic E-state index is 0.0337. The SMILES string of the molecule is COc1cc(C2(O)CC2)ccc1Br.COc1cc(C2(OC)CC2)ccc1Br. The summed E-state index contributed by atoms with van der Waals surface area (Å²) in [4.78, 5) is 0. The summed E-state index contributed by atoms with van der Waals surface area (Å²) < 4.78 is 17.8. The number of halogens is 2. The lowest BCUT2D eigenvalue weighted by atomic mass is 10.1. The Morgan fingerprint density at radius 2 is 1.26 bits per heavy atom. The molecule has 2 aromatic rings. The Labute approximate surface area is 177 Å². The fourth-order valence-electron chi connectivity index (χ4n) is 3.02. The first-order valence-electron chi connectivity index (χ1n) is 8.83. The summed E-state index contributed by atoms with van der Waals surface area (Å²) in [7, 11) is 5.07. The molecule has 0 radical (unpaired) electrons. The van der Waals surface area contributed by atoms with E-state index < -0.39 is 5.60 Å². The summed E-state index contributed by atoms with van der Waals surface area (Å²) in [6.45, 7) is 0. The molecule has 4 nitrogen and oxygen atoms in total. The maximum atomic E-state index is 9.84. The van der Waals surface area contributed by atoms with Crippen molar-refractivity contribution in [3.63, 3.8) is 0 Å². The molecule has 2 aliphatic carbocycles. The van der Waals surface area contributed by atoms with Gasteiger partial charge >= 0.3 is 0 Å². The summed E-state index contributed by atoms with van der Waals surface area (Å²) in [5.41, 5.74) is 1.55. The van der Waals surface area contributed by atoms with Gasteiger partial charge in [-0.25, -0.2) is 0 Å². The van der Waals surface area contributed by atoms with Crippen molar-refractivity contribution in [2.24, 2.45) is 0 Å². The van der Waals surface area contributed by atoms with Crippen LogP contribution in [0.4, 0.5) is 0 Å². The molecule has 27 heavy (non-hydrogen) atoms. The first-order valence-corrected chi connectivity index (χ1v) is 10.4. The molecule has 2 aliphatic rings. The molecule has 0 amide bonds. The van der Waals surface area contributed by atoms with Gasteiger partial charge < -0.3 is 19.3 Å². The normalized spacial score (nSPS) is 18.1. The van der Waals surface area contributed by atoms with Gasteiger partial charge in [-0.2, -0.15) is 0 Å². The summed E-state index contributed by atoms with van der Waals surface area (Å²) in [5, 5.41) is 9.84. The van der Waals surface area contributed by atoms with Crippen molar-refractivity contribution in [2.45, 2.75) is 36.9 Å². The van der Waals surface area contributed by atoms with Crippen LogP contribution < -0.4 is 9.47 Å². The first kappa shape index (κ1) is 20.6. The van der Waals surface area contributed by atoms with Crippen molar-refractivity contribution in [3.8, 4) is 11.5 Å². The topological polar surface area (TPSA) is 47.9 Å². The van der Waals surface area contributed by atoms with Crippen LogP contribution in [0.2, 0.25) is 0 Å². The Balaban J connectivity index is 0.000000156. The molecule has 0 unspecified atom stereocenters. The highest BCUT2D eigenvalue weighted by molar-refractivity contribution is 9.10. The molecule has 0 spiro atoms. The fraction of sp³-hybridized carbons (Fsp3) is 0.429. The van der Waals surface area contributed by atoms with E-state index in [1.165, 1.54) is 5.56 Å². The maximum Gasteiger partial charge on any atom is 0.133 e. The van der Waals surface area contributed by atoms with E-state index in [4.69, 9.17) is 14.2 Å². The lowest BCUT2D eigenvalue weighted by Gasteiger charge is -2.15. The Kier molecular flexibility index (Phi) is 6.21. The average molecular weight is 500 g/mol. The predicted octanol–water partition coefficient (Wildman–Crippen LogP) is 5.53. The number of benzene rings is 2. The second kappa shape index (κ2) is 8.11. The van der Waals surface area contributed by atoms with E-state index in [-0.39, 0.29) is 5.60 Å². The smallest absolute Gasteiger partial charge is 0.133 e. The lowest BCUT2D eigenvalue weighted by Crippen LogP contribution is -2.08. The first-order chi connectivity index (χ1) is 12.9. The van der Waals surface area contributed by atoms with E-state index >= 15 is 0 Å². The van der Waals surface area contributed by atoms with Gasteiger partial charge in [-0.1, -0.05) is 12.1 Å². The van der Waals surface area contributed by atoms with E-state index in [2.05, 4.69) is 37.9 Å². The number of aliphatic hydroxyl groups is 1. The van der Waals surface area contributed by atoms with Gasteiger partial charge in [0.25, 0.3) is 0 Å². The van der Waals surface area contributed by atoms with Crippen LogP contribution in [0.15, 0.2) is 45.3 Å². The third-order valence-electron chi connectivity index (χ3n) is 5.18. The van der Waals surface area contributed by atoms with Crippen LogP contribution >= 0.6 is 31.9 Å². The van der Waals surface area contributed by atoms with Gasteiger partial charge in [-0.15, -0.1) is 0 Å².